The molecule has 23 heavy (non-hydrogen) atoms. The summed E-state index contributed by atoms with van der Waals surface area (Å²) in [6.45, 7) is 13.6. The summed E-state index contributed by atoms with van der Waals surface area (Å²) < 4.78 is 10.4. The molecule has 1 rings (SSSR count). The largest absolute Gasteiger partial charge is 0.483 e. The topological polar surface area (TPSA) is 51.5 Å². The Balaban J connectivity index is 2.71. The minimum atomic E-state index is -0.285. The molecule has 0 saturated heterocycles. The quantitative estimate of drug-likeness (QED) is 0.682. The fourth-order valence-corrected chi connectivity index (χ4v) is 2.26. The van der Waals surface area contributed by atoms with E-state index >= 15 is 0 Å². The molecule has 0 spiro atoms. The van der Waals surface area contributed by atoms with Gasteiger partial charge < -0.3 is 14.5 Å². The normalized spacial score (nSPS) is 12.2. The lowest BCUT2D eigenvalue weighted by Crippen LogP contribution is -2.11. The van der Waals surface area contributed by atoms with E-state index in [0.717, 1.165) is 36.2 Å². The summed E-state index contributed by atoms with van der Waals surface area (Å²) in [7, 11) is 1.56. The van der Waals surface area contributed by atoms with E-state index in [1.165, 1.54) is 0 Å². The van der Waals surface area contributed by atoms with E-state index in [9.17, 15) is 4.79 Å². The van der Waals surface area contributed by atoms with Gasteiger partial charge in [0.05, 0.1) is 12.7 Å². The molecule has 4 nitrogen and oxygen atoms in total. The maximum Gasteiger partial charge on any atom is 0.343 e. The van der Waals surface area contributed by atoms with Gasteiger partial charge in [0, 0.05) is 5.92 Å². The Labute approximate surface area is 138 Å². The third-order valence-corrected chi connectivity index (χ3v) is 3.81. The van der Waals surface area contributed by atoms with E-state index < -0.39 is 0 Å². The van der Waals surface area contributed by atoms with Crippen molar-refractivity contribution in [1.82, 2.24) is 5.32 Å². The Bertz CT molecular complexity index is 641. The first-order valence-electron chi connectivity index (χ1n) is 7.87. The van der Waals surface area contributed by atoms with Gasteiger partial charge in [-0.3, -0.25) is 0 Å². The van der Waals surface area contributed by atoms with Crippen molar-refractivity contribution in [3.8, 4) is 0 Å². The molecule has 0 aliphatic rings. The van der Waals surface area contributed by atoms with Crippen LogP contribution >= 0.6 is 0 Å². The van der Waals surface area contributed by atoms with Crippen molar-refractivity contribution in [2.45, 2.75) is 46.0 Å². The second-order valence-corrected chi connectivity index (χ2v) is 5.60. The fourth-order valence-electron chi connectivity index (χ4n) is 2.26. The molecule has 126 valence electrons. The van der Waals surface area contributed by atoms with Gasteiger partial charge in [-0.05, 0) is 56.2 Å². The van der Waals surface area contributed by atoms with Crippen molar-refractivity contribution in [3.63, 3.8) is 0 Å². The fraction of sp³-hybridized carbons (Fsp3) is 0.421. The summed E-state index contributed by atoms with van der Waals surface area (Å²) in [6, 6.07) is 1.96. The molecule has 0 bridgehead atoms. The Morgan fingerprint density at radius 3 is 2.74 bits per heavy atom. The molecular weight excluding hydrogens is 290 g/mol. The molecule has 1 heterocycles. The highest BCUT2D eigenvalue weighted by Gasteiger charge is 2.14. The van der Waals surface area contributed by atoms with E-state index in [4.69, 9.17) is 9.15 Å². The maximum absolute atomic E-state index is 12.2. The zero-order chi connectivity index (χ0) is 17.4. The molecule has 0 aliphatic carbocycles. The SMILES string of the molecule is C=C(N/C=C/CCC(C)c1cc(C)c(C(=C)CC)c(=O)o1)OC. The standard InChI is InChI=1S/C19H27NO3/c1-7-13(2)18-15(4)12-17(23-19(18)21)14(3)10-8-9-11-20-16(5)22-6/h9,11-12,14,20H,2,5,7-8,10H2,1,3-4,6H3/b11-9+. The lowest BCUT2D eigenvalue weighted by Gasteiger charge is -2.12. The summed E-state index contributed by atoms with van der Waals surface area (Å²) >= 11 is 0. The molecule has 0 amide bonds. The molecule has 4 heteroatoms. The van der Waals surface area contributed by atoms with Gasteiger partial charge in [0.2, 0.25) is 0 Å². The Morgan fingerprint density at radius 1 is 1.48 bits per heavy atom. The predicted molar refractivity (Wildman–Crippen MR) is 95.1 cm³/mol. The van der Waals surface area contributed by atoms with Crippen LogP contribution in [0.3, 0.4) is 0 Å². The molecule has 0 fully saturated rings. The summed E-state index contributed by atoms with van der Waals surface area (Å²) in [6.07, 6.45) is 6.28. The van der Waals surface area contributed by atoms with Gasteiger partial charge in [0.1, 0.15) is 5.76 Å². The summed E-state index contributed by atoms with van der Waals surface area (Å²) in [5.74, 6) is 1.39. The maximum atomic E-state index is 12.2. The minimum absolute atomic E-state index is 0.167. The van der Waals surface area contributed by atoms with Gasteiger partial charge in [0.25, 0.3) is 0 Å². The zero-order valence-electron chi connectivity index (χ0n) is 14.6. The van der Waals surface area contributed by atoms with Crippen LogP contribution in [0.2, 0.25) is 0 Å². The van der Waals surface area contributed by atoms with Gasteiger partial charge in [0.15, 0.2) is 5.88 Å². The summed E-state index contributed by atoms with van der Waals surface area (Å²) in [4.78, 5) is 12.2. The summed E-state index contributed by atoms with van der Waals surface area (Å²) in [5, 5.41) is 2.91. The lowest BCUT2D eigenvalue weighted by atomic mass is 9.97. The minimum Gasteiger partial charge on any atom is -0.483 e. The number of hydrogen-bond acceptors (Lipinski definition) is 4. The van der Waals surface area contributed by atoms with Crippen molar-refractivity contribution < 1.29 is 9.15 Å². The highest BCUT2D eigenvalue weighted by atomic mass is 16.5. The molecule has 1 N–H and O–H groups in total. The molecule has 0 aromatic carbocycles. The molecule has 0 saturated carbocycles. The zero-order valence-corrected chi connectivity index (χ0v) is 14.6. The first kappa shape index (κ1) is 18.8. The van der Waals surface area contributed by atoms with Crippen molar-refractivity contribution in [3.05, 3.63) is 64.7 Å². The smallest absolute Gasteiger partial charge is 0.343 e. The van der Waals surface area contributed by atoms with E-state index in [2.05, 4.69) is 25.4 Å². The molecule has 1 atom stereocenters. The molecule has 0 aliphatic heterocycles. The van der Waals surface area contributed by atoms with Crippen LogP contribution in [0.4, 0.5) is 0 Å². The van der Waals surface area contributed by atoms with Crippen molar-refractivity contribution in [2.75, 3.05) is 7.11 Å². The van der Waals surface area contributed by atoms with Crippen LogP contribution in [0.15, 0.2) is 46.6 Å². The van der Waals surface area contributed by atoms with Crippen LogP contribution in [-0.2, 0) is 4.74 Å². The second kappa shape index (κ2) is 9.03. The van der Waals surface area contributed by atoms with Crippen LogP contribution in [0, 0.1) is 6.92 Å². The first-order valence-corrected chi connectivity index (χ1v) is 7.87. The second-order valence-electron chi connectivity index (χ2n) is 5.60. The highest BCUT2D eigenvalue weighted by molar-refractivity contribution is 5.64. The molecule has 1 unspecified atom stereocenters. The van der Waals surface area contributed by atoms with E-state index in [1.807, 2.05) is 26.0 Å². The van der Waals surface area contributed by atoms with Gasteiger partial charge >= 0.3 is 5.63 Å². The van der Waals surface area contributed by atoms with Gasteiger partial charge in [-0.2, -0.15) is 0 Å². The number of ether oxygens (including phenoxy) is 1. The molecular formula is C19H27NO3. The average molecular weight is 317 g/mol. The Kier molecular flexibility index (Phi) is 7.39. The predicted octanol–water partition coefficient (Wildman–Crippen LogP) is 4.48. The van der Waals surface area contributed by atoms with Crippen LogP contribution in [-0.4, -0.2) is 7.11 Å². The number of aryl methyl sites for hydroxylation is 1. The van der Waals surface area contributed by atoms with Gasteiger partial charge in [-0.15, -0.1) is 0 Å². The lowest BCUT2D eigenvalue weighted by molar-refractivity contribution is 0.274. The average Bonchev–Trinajstić information content (AvgIpc) is 2.52. The van der Waals surface area contributed by atoms with Crippen LogP contribution in [0.5, 0.6) is 0 Å². The van der Waals surface area contributed by atoms with Crippen molar-refractivity contribution in [2.24, 2.45) is 0 Å². The number of allylic oxidation sites excluding steroid dienone is 2. The van der Waals surface area contributed by atoms with Crippen LogP contribution in [0.1, 0.15) is 55.9 Å². The number of nitrogens with one attached hydrogen (secondary N) is 1. The third-order valence-electron chi connectivity index (χ3n) is 3.81. The molecule has 1 aromatic heterocycles. The van der Waals surface area contributed by atoms with E-state index in [-0.39, 0.29) is 11.5 Å². The van der Waals surface area contributed by atoms with Gasteiger partial charge in [-0.25, -0.2) is 4.79 Å². The monoisotopic (exact) mass is 317 g/mol. The summed E-state index contributed by atoms with van der Waals surface area (Å²) in [5.41, 5.74) is 2.09. The van der Waals surface area contributed by atoms with Crippen LogP contribution in [0.25, 0.3) is 5.57 Å². The van der Waals surface area contributed by atoms with E-state index in [0.29, 0.717) is 11.4 Å². The van der Waals surface area contributed by atoms with Crippen molar-refractivity contribution in [1.29, 1.82) is 0 Å². The number of hydrogen-bond donors (Lipinski definition) is 1. The van der Waals surface area contributed by atoms with Crippen molar-refractivity contribution >= 4 is 5.57 Å². The van der Waals surface area contributed by atoms with E-state index in [1.54, 1.807) is 13.3 Å². The molecule has 0 radical (unpaired) electrons. The number of methoxy groups -OCH3 is 1. The third kappa shape index (κ3) is 5.47. The molecule has 1 aromatic rings. The highest BCUT2D eigenvalue weighted by Crippen LogP contribution is 2.24. The first-order chi connectivity index (χ1) is 10.9. The Hall–Kier alpha value is -2.23. The van der Waals surface area contributed by atoms with Gasteiger partial charge in [-0.1, -0.05) is 26.5 Å². The Morgan fingerprint density at radius 2 is 2.17 bits per heavy atom. The number of rotatable bonds is 9. The van der Waals surface area contributed by atoms with Crippen LogP contribution < -0.4 is 10.9 Å².